The number of hydrogen-bond donors (Lipinski definition) is 0. The van der Waals surface area contributed by atoms with Crippen LogP contribution >= 0.6 is 0 Å². The Morgan fingerprint density at radius 2 is 1.92 bits per heavy atom. The molecular weight excluding hydrogens is 152 g/mol. The van der Waals surface area contributed by atoms with Gasteiger partial charge in [0.2, 0.25) is 11.8 Å². The minimum Gasteiger partial charge on any atom is -0.425 e. The van der Waals surface area contributed by atoms with Crippen molar-refractivity contribution in [3.05, 3.63) is 11.8 Å². The molecule has 3 heteroatoms. The fraction of sp³-hybridized carbons (Fsp3) is 0.778. The van der Waals surface area contributed by atoms with Gasteiger partial charge in [0.1, 0.15) is 0 Å². The lowest BCUT2D eigenvalue weighted by Crippen LogP contribution is -2.04. The van der Waals surface area contributed by atoms with E-state index in [0.717, 1.165) is 5.89 Å². The van der Waals surface area contributed by atoms with Gasteiger partial charge in [0.15, 0.2) is 0 Å². The van der Waals surface area contributed by atoms with E-state index in [4.69, 9.17) is 4.42 Å². The van der Waals surface area contributed by atoms with Gasteiger partial charge < -0.3 is 4.42 Å². The van der Waals surface area contributed by atoms with Crippen molar-refractivity contribution in [1.29, 1.82) is 0 Å². The molecule has 0 unspecified atom stereocenters. The van der Waals surface area contributed by atoms with Gasteiger partial charge in [-0.3, -0.25) is 0 Å². The van der Waals surface area contributed by atoms with Crippen LogP contribution in [-0.2, 0) is 0 Å². The standard InChI is InChI=1S/C9H14N2O/c1-7-10-11-9(12-7)8-5-3-2-4-6-8/h8H,2-6H2,1H3. The monoisotopic (exact) mass is 166 g/mol. The molecule has 0 spiro atoms. The zero-order chi connectivity index (χ0) is 8.39. The van der Waals surface area contributed by atoms with E-state index in [-0.39, 0.29) is 0 Å². The summed E-state index contributed by atoms with van der Waals surface area (Å²) >= 11 is 0. The molecule has 0 amide bonds. The van der Waals surface area contributed by atoms with E-state index < -0.39 is 0 Å². The largest absolute Gasteiger partial charge is 0.425 e. The Hall–Kier alpha value is -0.860. The van der Waals surface area contributed by atoms with Crippen molar-refractivity contribution in [1.82, 2.24) is 10.2 Å². The van der Waals surface area contributed by atoms with Gasteiger partial charge in [0.25, 0.3) is 0 Å². The molecule has 0 N–H and O–H groups in total. The molecule has 0 aromatic carbocycles. The Balaban J connectivity index is 2.08. The van der Waals surface area contributed by atoms with Crippen LogP contribution in [0.1, 0.15) is 49.8 Å². The van der Waals surface area contributed by atoms with Crippen LogP contribution in [0.5, 0.6) is 0 Å². The molecule has 0 saturated heterocycles. The van der Waals surface area contributed by atoms with E-state index in [2.05, 4.69) is 10.2 Å². The highest BCUT2D eigenvalue weighted by Crippen LogP contribution is 2.31. The second kappa shape index (κ2) is 3.25. The van der Waals surface area contributed by atoms with Gasteiger partial charge in [-0.15, -0.1) is 10.2 Å². The van der Waals surface area contributed by atoms with Crippen molar-refractivity contribution in [3.63, 3.8) is 0 Å². The third kappa shape index (κ3) is 1.49. The van der Waals surface area contributed by atoms with Crippen LogP contribution in [0.4, 0.5) is 0 Å². The molecule has 66 valence electrons. The van der Waals surface area contributed by atoms with E-state index in [1.54, 1.807) is 0 Å². The predicted octanol–water partition coefficient (Wildman–Crippen LogP) is 2.43. The lowest BCUT2D eigenvalue weighted by molar-refractivity contribution is 0.356. The fourth-order valence-corrected chi connectivity index (χ4v) is 1.83. The lowest BCUT2D eigenvalue weighted by Gasteiger charge is -2.17. The third-order valence-electron chi connectivity index (χ3n) is 2.50. The van der Waals surface area contributed by atoms with Crippen LogP contribution in [-0.4, -0.2) is 10.2 Å². The summed E-state index contributed by atoms with van der Waals surface area (Å²) in [6, 6.07) is 0. The predicted molar refractivity (Wildman–Crippen MR) is 44.9 cm³/mol. The van der Waals surface area contributed by atoms with E-state index in [1.165, 1.54) is 32.1 Å². The van der Waals surface area contributed by atoms with Gasteiger partial charge in [0, 0.05) is 12.8 Å². The number of aromatic nitrogens is 2. The van der Waals surface area contributed by atoms with Crippen molar-refractivity contribution in [2.75, 3.05) is 0 Å². The highest BCUT2D eigenvalue weighted by atomic mass is 16.4. The quantitative estimate of drug-likeness (QED) is 0.643. The summed E-state index contributed by atoms with van der Waals surface area (Å²) in [6.07, 6.45) is 6.44. The van der Waals surface area contributed by atoms with Gasteiger partial charge in [-0.05, 0) is 12.8 Å². The molecule has 0 atom stereocenters. The van der Waals surface area contributed by atoms with Gasteiger partial charge >= 0.3 is 0 Å². The summed E-state index contributed by atoms with van der Waals surface area (Å²) in [4.78, 5) is 0. The molecule has 2 rings (SSSR count). The molecule has 1 heterocycles. The van der Waals surface area contributed by atoms with Crippen LogP contribution in [0.15, 0.2) is 4.42 Å². The van der Waals surface area contributed by atoms with Crippen LogP contribution in [0.2, 0.25) is 0 Å². The highest BCUT2D eigenvalue weighted by molar-refractivity contribution is 4.92. The summed E-state index contributed by atoms with van der Waals surface area (Å²) in [7, 11) is 0. The van der Waals surface area contributed by atoms with Gasteiger partial charge in [-0.2, -0.15) is 0 Å². The number of aryl methyl sites for hydroxylation is 1. The van der Waals surface area contributed by atoms with Crippen molar-refractivity contribution >= 4 is 0 Å². The molecule has 1 aromatic rings. The zero-order valence-corrected chi connectivity index (χ0v) is 7.42. The summed E-state index contributed by atoms with van der Waals surface area (Å²) in [6.45, 7) is 1.85. The second-order valence-corrected chi connectivity index (χ2v) is 3.49. The lowest BCUT2D eigenvalue weighted by atomic mass is 9.89. The SMILES string of the molecule is Cc1nnc(C2CCCCC2)o1. The summed E-state index contributed by atoms with van der Waals surface area (Å²) in [5, 5.41) is 7.90. The smallest absolute Gasteiger partial charge is 0.219 e. The number of nitrogens with zero attached hydrogens (tertiary/aromatic N) is 2. The molecular formula is C9H14N2O. The maximum atomic E-state index is 5.40. The average Bonchev–Trinajstić information content (AvgIpc) is 2.54. The Morgan fingerprint density at radius 1 is 1.17 bits per heavy atom. The van der Waals surface area contributed by atoms with E-state index in [9.17, 15) is 0 Å². The first-order valence-electron chi connectivity index (χ1n) is 4.66. The van der Waals surface area contributed by atoms with E-state index in [0.29, 0.717) is 11.8 Å². The van der Waals surface area contributed by atoms with Crippen LogP contribution < -0.4 is 0 Å². The Morgan fingerprint density at radius 3 is 2.50 bits per heavy atom. The number of rotatable bonds is 1. The van der Waals surface area contributed by atoms with Crippen LogP contribution in [0.3, 0.4) is 0 Å². The van der Waals surface area contributed by atoms with E-state index >= 15 is 0 Å². The van der Waals surface area contributed by atoms with Crippen molar-refractivity contribution in [2.45, 2.75) is 44.9 Å². The van der Waals surface area contributed by atoms with Gasteiger partial charge in [0.05, 0.1) is 0 Å². The average molecular weight is 166 g/mol. The molecule has 0 radical (unpaired) electrons. The summed E-state index contributed by atoms with van der Waals surface area (Å²) in [5.74, 6) is 2.09. The molecule has 1 aliphatic rings. The normalized spacial score (nSPS) is 19.8. The van der Waals surface area contributed by atoms with Crippen LogP contribution in [0.25, 0.3) is 0 Å². The fourth-order valence-electron chi connectivity index (χ4n) is 1.83. The van der Waals surface area contributed by atoms with E-state index in [1.807, 2.05) is 6.92 Å². The summed E-state index contributed by atoms with van der Waals surface area (Å²) in [5.41, 5.74) is 0. The third-order valence-corrected chi connectivity index (χ3v) is 2.50. The van der Waals surface area contributed by atoms with Gasteiger partial charge in [-0.1, -0.05) is 19.3 Å². The molecule has 0 aliphatic heterocycles. The van der Waals surface area contributed by atoms with Crippen molar-refractivity contribution in [3.8, 4) is 0 Å². The Bertz CT molecular complexity index is 251. The molecule has 12 heavy (non-hydrogen) atoms. The molecule has 1 fully saturated rings. The first-order valence-corrected chi connectivity index (χ1v) is 4.66. The van der Waals surface area contributed by atoms with Gasteiger partial charge in [-0.25, -0.2) is 0 Å². The maximum Gasteiger partial charge on any atom is 0.219 e. The number of hydrogen-bond acceptors (Lipinski definition) is 3. The van der Waals surface area contributed by atoms with Crippen LogP contribution in [0, 0.1) is 6.92 Å². The van der Waals surface area contributed by atoms with Crippen molar-refractivity contribution < 1.29 is 4.42 Å². The minimum absolute atomic E-state index is 0.542. The topological polar surface area (TPSA) is 38.9 Å². The Labute approximate surface area is 72.2 Å². The highest BCUT2D eigenvalue weighted by Gasteiger charge is 2.20. The first-order chi connectivity index (χ1) is 5.86. The zero-order valence-electron chi connectivity index (χ0n) is 7.42. The second-order valence-electron chi connectivity index (χ2n) is 3.49. The molecule has 3 nitrogen and oxygen atoms in total. The first kappa shape index (κ1) is 7.77. The Kier molecular flexibility index (Phi) is 2.11. The molecule has 1 aromatic heterocycles. The molecule has 0 bridgehead atoms. The molecule has 1 aliphatic carbocycles. The minimum atomic E-state index is 0.542. The summed E-state index contributed by atoms with van der Waals surface area (Å²) < 4.78 is 5.40. The molecule has 1 saturated carbocycles. The van der Waals surface area contributed by atoms with Crippen molar-refractivity contribution in [2.24, 2.45) is 0 Å². The maximum absolute atomic E-state index is 5.40.